The summed E-state index contributed by atoms with van der Waals surface area (Å²) in [6.45, 7) is 2.13. The van der Waals surface area contributed by atoms with E-state index < -0.39 is 18.0 Å². The first-order chi connectivity index (χ1) is 15.4. The molecule has 2 aromatic rings. The van der Waals surface area contributed by atoms with Crippen LogP contribution in [0.5, 0.6) is 11.5 Å². The number of amides is 2. The van der Waals surface area contributed by atoms with Gasteiger partial charge in [0, 0.05) is 11.3 Å². The summed E-state index contributed by atoms with van der Waals surface area (Å²) in [4.78, 5) is 25.1. The average molecular weight is 479 g/mol. The van der Waals surface area contributed by atoms with Crippen molar-refractivity contribution in [1.82, 2.24) is 10.6 Å². The van der Waals surface area contributed by atoms with E-state index in [-0.39, 0.29) is 6.61 Å². The van der Waals surface area contributed by atoms with Crippen LogP contribution in [0.2, 0.25) is 10.0 Å². The Labute approximate surface area is 196 Å². The maximum absolute atomic E-state index is 12.7. The minimum absolute atomic E-state index is 0.169. The first-order valence-electron chi connectivity index (χ1n) is 10.0. The lowest BCUT2D eigenvalue weighted by molar-refractivity contribution is -0.136. The summed E-state index contributed by atoms with van der Waals surface area (Å²) in [5.41, 5.74) is 2.20. The van der Waals surface area contributed by atoms with Crippen molar-refractivity contribution in [3.63, 3.8) is 0 Å². The third kappa shape index (κ3) is 5.11. The molecule has 0 saturated carbocycles. The Balaban J connectivity index is 2.05. The lowest BCUT2D eigenvalue weighted by Gasteiger charge is -2.30. The van der Waals surface area contributed by atoms with Gasteiger partial charge in [0.1, 0.15) is 6.61 Å². The highest BCUT2D eigenvalue weighted by molar-refractivity contribution is 6.42. The second-order valence-corrected chi connectivity index (χ2v) is 7.90. The highest BCUT2D eigenvalue weighted by Crippen LogP contribution is 2.40. The molecule has 2 amide bonds. The monoisotopic (exact) mass is 478 g/mol. The third-order valence-electron chi connectivity index (χ3n) is 4.97. The Bertz CT molecular complexity index is 1050. The van der Waals surface area contributed by atoms with Crippen LogP contribution >= 0.6 is 23.2 Å². The van der Waals surface area contributed by atoms with E-state index in [1.807, 2.05) is 6.92 Å². The second-order valence-electron chi connectivity index (χ2n) is 7.08. The largest absolute Gasteiger partial charge is 0.493 e. The number of esters is 1. The number of hydrogen-bond acceptors (Lipinski definition) is 5. The zero-order chi connectivity index (χ0) is 23.3. The van der Waals surface area contributed by atoms with Gasteiger partial charge in [-0.15, -0.1) is 0 Å². The smallest absolute Gasteiger partial charge is 0.337 e. The van der Waals surface area contributed by atoms with Crippen molar-refractivity contribution in [1.29, 1.82) is 0 Å². The predicted molar refractivity (Wildman–Crippen MR) is 122 cm³/mol. The number of benzene rings is 2. The van der Waals surface area contributed by atoms with Crippen LogP contribution in [0.25, 0.3) is 0 Å². The molecule has 1 aliphatic rings. The minimum atomic E-state index is -0.781. The minimum Gasteiger partial charge on any atom is -0.493 e. The predicted octanol–water partition coefficient (Wildman–Crippen LogP) is 5.16. The number of para-hydroxylation sites is 1. The van der Waals surface area contributed by atoms with Gasteiger partial charge in [0.15, 0.2) is 11.5 Å². The number of halogens is 2. The van der Waals surface area contributed by atoms with Crippen LogP contribution in [-0.2, 0) is 16.1 Å². The van der Waals surface area contributed by atoms with Crippen LogP contribution in [0, 0.1) is 0 Å². The fourth-order valence-electron chi connectivity index (χ4n) is 3.51. The number of rotatable bonds is 8. The Morgan fingerprint density at radius 2 is 1.91 bits per heavy atom. The van der Waals surface area contributed by atoms with Crippen LogP contribution in [-0.4, -0.2) is 26.2 Å². The van der Waals surface area contributed by atoms with E-state index in [0.29, 0.717) is 44.8 Å². The number of ether oxygens (including phenoxy) is 3. The van der Waals surface area contributed by atoms with Crippen molar-refractivity contribution in [2.75, 3.05) is 14.2 Å². The molecule has 2 aromatic carbocycles. The zero-order valence-corrected chi connectivity index (χ0v) is 19.5. The van der Waals surface area contributed by atoms with Gasteiger partial charge in [-0.2, -0.15) is 0 Å². The molecule has 1 heterocycles. The van der Waals surface area contributed by atoms with Gasteiger partial charge in [0.05, 0.1) is 35.9 Å². The summed E-state index contributed by atoms with van der Waals surface area (Å²) in [5, 5.41) is 6.40. The zero-order valence-electron chi connectivity index (χ0n) is 18.0. The molecule has 0 bridgehead atoms. The number of carbonyl (C=O) groups is 2. The SMILES string of the molecule is CCCC1=C(C(=O)OC)C(c2cccc(OC)c2OCc2ccc(Cl)c(Cl)c2)NC(=O)N1. The number of carbonyl (C=O) groups excluding carboxylic acids is 2. The van der Waals surface area contributed by atoms with Crippen LogP contribution in [0.15, 0.2) is 47.7 Å². The van der Waals surface area contributed by atoms with Crippen LogP contribution in [0.1, 0.15) is 36.9 Å². The van der Waals surface area contributed by atoms with E-state index >= 15 is 0 Å². The van der Waals surface area contributed by atoms with Gasteiger partial charge in [-0.25, -0.2) is 9.59 Å². The molecule has 1 unspecified atom stereocenters. The van der Waals surface area contributed by atoms with Crippen LogP contribution < -0.4 is 20.1 Å². The Hall–Kier alpha value is -2.90. The molecule has 0 spiro atoms. The van der Waals surface area contributed by atoms with Gasteiger partial charge in [0.25, 0.3) is 0 Å². The third-order valence-corrected chi connectivity index (χ3v) is 5.71. The normalized spacial score (nSPS) is 15.7. The van der Waals surface area contributed by atoms with E-state index in [0.717, 1.165) is 12.0 Å². The lowest BCUT2D eigenvalue weighted by atomic mass is 9.93. The van der Waals surface area contributed by atoms with Crippen molar-refractivity contribution in [3.8, 4) is 11.5 Å². The van der Waals surface area contributed by atoms with E-state index in [4.69, 9.17) is 37.4 Å². The number of nitrogens with one attached hydrogen (secondary N) is 2. The molecule has 0 aliphatic carbocycles. The molecule has 170 valence electrons. The van der Waals surface area contributed by atoms with Crippen molar-refractivity contribution in [2.24, 2.45) is 0 Å². The molecule has 7 nitrogen and oxygen atoms in total. The molecule has 0 fully saturated rings. The molecule has 3 rings (SSSR count). The fraction of sp³-hybridized carbons (Fsp3) is 0.304. The van der Waals surface area contributed by atoms with E-state index in [1.54, 1.807) is 36.4 Å². The maximum atomic E-state index is 12.7. The summed E-state index contributed by atoms with van der Waals surface area (Å²) >= 11 is 12.1. The van der Waals surface area contributed by atoms with Crippen molar-refractivity contribution in [3.05, 3.63) is 68.8 Å². The Kier molecular flexibility index (Phi) is 7.88. The fourth-order valence-corrected chi connectivity index (χ4v) is 3.83. The molecule has 32 heavy (non-hydrogen) atoms. The number of hydrogen-bond donors (Lipinski definition) is 2. The van der Waals surface area contributed by atoms with E-state index in [9.17, 15) is 9.59 Å². The second kappa shape index (κ2) is 10.6. The average Bonchev–Trinajstić information content (AvgIpc) is 2.79. The van der Waals surface area contributed by atoms with E-state index in [2.05, 4.69) is 10.6 Å². The Morgan fingerprint density at radius 1 is 1.12 bits per heavy atom. The van der Waals surface area contributed by atoms with Crippen molar-refractivity contribution in [2.45, 2.75) is 32.4 Å². The van der Waals surface area contributed by atoms with Crippen molar-refractivity contribution >= 4 is 35.2 Å². The number of urea groups is 1. The molecule has 1 atom stereocenters. The number of allylic oxidation sites excluding steroid dienone is 1. The molecule has 1 aliphatic heterocycles. The first kappa shape index (κ1) is 23.8. The summed E-state index contributed by atoms with van der Waals surface area (Å²) in [6.07, 6.45) is 1.25. The summed E-state index contributed by atoms with van der Waals surface area (Å²) in [6, 6.07) is 9.29. The van der Waals surface area contributed by atoms with Gasteiger partial charge in [0.2, 0.25) is 0 Å². The first-order valence-corrected chi connectivity index (χ1v) is 10.8. The van der Waals surface area contributed by atoms with E-state index in [1.165, 1.54) is 14.2 Å². The summed E-state index contributed by atoms with van der Waals surface area (Å²) in [5.74, 6) is 0.311. The van der Waals surface area contributed by atoms with Gasteiger partial charge in [-0.3, -0.25) is 0 Å². The van der Waals surface area contributed by atoms with Crippen molar-refractivity contribution < 1.29 is 23.8 Å². The standard InChI is InChI=1S/C23H24Cl2N2O5/c1-4-6-17-19(22(28)31-3)20(27-23(29)26-17)14-7-5-8-18(30-2)21(14)32-12-13-9-10-15(24)16(25)11-13/h5,7-11,20H,4,6,12H2,1-3H3,(H2,26,27,29). The molecular weight excluding hydrogens is 455 g/mol. The van der Waals surface area contributed by atoms with Crippen LogP contribution in [0.3, 0.4) is 0 Å². The van der Waals surface area contributed by atoms with Gasteiger partial charge < -0.3 is 24.8 Å². The van der Waals surface area contributed by atoms with Gasteiger partial charge in [-0.05, 0) is 30.2 Å². The quantitative estimate of drug-likeness (QED) is 0.511. The molecule has 0 radical (unpaired) electrons. The Morgan fingerprint density at radius 3 is 2.56 bits per heavy atom. The number of methoxy groups -OCH3 is 2. The topological polar surface area (TPSA) is 85.9 Å². The maximum Gasteiger partial charge on any atom is 0.337 e. The molecule has 2 N–H and O–H groups in total. The van der Waals surface area contributed by atoms with Gasteiger partial charge in [-0.1, -0.05) is 54.7 Å². The molecular formula is C23H24Cl2N2O5. The van der Waals surface area contributed by atoms with Gasteiger partial charge >= 0.3 is 12.0 Å². The lowest BCUT2D eigenvalue weighted by Crippen LogP contribution is -2.46. The summed E-state index contributed by atoms with van der Waals surface area (Å²) < 4.78 is 16.6. The highest BCUT2D eigenvalue weighted by Gasteiger charge is 2.35. The summed E-state index contributed by atoms with van der Waals surface area (Å²) in [7, 11) is 2.82. The molecule has 0 aromatic heterocycles. The molecule has 0 saturated heterocycles. The molecule has 9 heteroatoms. The highest BCUT2D eigenvalue weighted by atomic mass is 35.5. The van der Waals surface area contributed by atoms with Crippen LogP contribution in [0.4, 0.5) is 4.79 Å².